The number of phenols is 2. The Bertz CT molecular complexity index is 1570. The molecule has 4 aromatic rings. The third-order valence-corrected chi connectivity index (χ3v) is 7.65. The second-order valence-electron chi connectivity index (χ2n) is 11.0. The van der Waals surface area contributed by atoms with Crippen molar-refractivity contribution in [3.05, 3.63) is 118 Å². The maximum Gasteiger partial charge on any atom is 0.271 e. The number of hydrogen-bond donors (Lipinski definition) is 4. The van der Waals surface area contributed by atoms with Gasteiger partial charge in [0.25, 0.3) is 11.8 Å². The predicted molar refractivity (Wildman–Crippen MR) is 196 cm³/mol. The zero-order chi connectivity index (χ0) is 35.1. The topological polar surface area (TPSA) is 130 Å². The number of nitrogens with one attached hydrogen (secondary N) is 2. The number of anilines is 2. The van der Waals surface area contributed by atoms with Crippen molar-refractivity contribution >= 4 is 35.6 Å². The monoisotopic (exact) mass is 650 g/mol. The van der Waals surface area contributed by atoms with Gasteiger partial charge in [-0.2, -0.15) is 10.2 Å². The van der Waals surface area contributed by atoms with Crippen molar-refractivity contribution in [2.24, 2.45) is 10.2 Å². The lowest BCUT2D eigenvalue weighted by molar-refractivity contribution is 0.0947. The van der Waals surface area contributed by atoms with Gasteiger partial charge in [0.1, 0.15) is 11.5 Å². The minimum atomic E-state index is -0.287. The van der Waals surface area contributed by atoms with Crippen LogP contribution in [0.5, 0.6) is 11.5 Å². The first-order valence-corrected chi connectivity index (χ1v) is 16.1. The lowest BCUT2D eigenvalue weighted by Crippen LogP contribution is -2.21. The van der Waals surface area contributed by atoms with Crippen LogP contribution in [-0.4, -0.2) is 60.6 Å². The first kappa shape index (κ1) is 36.8. The van der Waals surface area contributed by atoms with Crippen LogP contribution < -0.4 is 20.7 Å². The van der Waals surface area contributed by atoms with E-state index in [1.807, 2.05) is 50.2 Å². The number of hydrazone groups is 2. The second-order valence-corrected chi connectivity index (χ2v) is 11.0. The molecule has 0 bridgehead atoms. The number of nitrogens with zero attached hydrogens (tertiary/aromatic N) is 4. The average molecular weight is 651 g/mol. The van der Waals surface area contributed by atoms with Gasteiger partial charge in [0, 0.05) is 71.9 Å². The number of amides is 2. The number of carbonyl (C=O) groups is 2. The summed E-state index contributed by atoms with van der Waals surface area (Å²) in [5, 5.41) is 28.1. The van der Waals surface area contributed by atoms with Gasteiger partial charge in [-0.1, -0.05) is 35.4 Å². The molecule has 0 fully saturated rings. The molecule has 0 heterocycles. The molecule has 10 heteroatoms. The number of rotatable bonds is 12. The van der Waals surface area contributed by atoms with Crippen LogP contribution in [0.4, 0.5) is 11.4 Å². The summed E-state index contributed by atoms with van der Waals surface area (Å²) < 4.78 is 0. The molecule has 48 heavy (non-hydrogen) atoms. The molecule has 0 spiro atoms. The van der Waals surface area contributed by atoms with Gasteiger partial charge < -0.3 is 20.0 Å². The fourth-order valence-corrected chi connectivity index (χ4v) is 4.71. The van der Waals surface area contributed by atoms with Gasteiger partial charge in [-0.25, -0.2) is 10.9 Å². The van der Waals surface area contributed by atoms with E-state index in [1.165, 1.54) is 12.4 Å². The number of hydrogen-bond acceptors (Lipinski definition) is 8. The standard InChI is InChI=1S/2C19H23N3O2/c2*1-4-22(5-2)17-11-10-16(18(23)12-17)13-20-21-19(24)15-8-6-14(3)7-9-15/h2*6-13,23H,4-5H2,1-3H3,(H,21,24)/b2*20-13+. The lowest BCUT2D eigenvalue weighted by Gasteiger charge is -2.21. The molecule has 0 saturated carbocycles. The number of benzene rings is 4. The van der Waals surface area contributed by atoms with E-state index in [9.17, 15) is 19.8 Å². The molecule has 0 aliphatic rings. The Hall–Kier alpha value is -5.64. The highest BCUT2D eigenvalue weighted by molar-refractivity contribution is 5.96. The highest BCUT2D eigenvalue weighted by Gasteiger charge is 2.08. The zero-order valence-corrected chi connectivity index (χ0v) is 28.6. The highest BCUT2D eigenvalue weighted by atomic mass is 16.3. The van der Waals surface area contributed by atoms with Crippen molar-refractivity contribution in [3.63, 3.8) is 0 Å². The first-order chi connectivity index (χ1) is 23.1. The summed E-state index contributed by atoms with van der Waals surface area (Å²) in [7, 11) is 0. The molecule has 4 aromatic carbocycles. The number of carbonyl (C=O) groups excluding carboxylic acids is 2. The van der Waals surface area contributed by atoms with Gasteiger partial charge >= 0.3 is 0 Å². The SMILES string of the molecule is CCN(CC)c1ccc(/C=N/NC(=O)c2ccc(C)cc2)c(O)c1.CCN(CC)c1ccc(/C=N/NC(=O)c2ccc(C)cc2)c(O)c1. The first-order valence-electron chi connectivity index (χ1n) is 16.1. The van der Waals surface area contributed by atoms with Crippen molar-refractivity contribution in [1.82, 2.24) is 10.9 Å². The van der Waals surface area contributed by atoms with E-state index < -0.39 is 0 Å². The molecule has 0 atom stereocenters. The van der Waals surface area contributed by atoms with E-state index >= 15 is 0 Å². The van der Waals surface area contributed by atoms with Crippen LogP contribution in [0.2, 0.25) is 0 Å². The molecule has 10 nitrogen and oxygen atoms in total. The minimum absolute atomic E-state index is 0.132. The van der Waals surface area contributed by atoms with Gasteiger partial charge in [-0.05, 0) is 90.1 Å². The molecule has 4 N–H and O–H groups in total. The summed E-state index contributed by atoms with van der Waals surface area (Å²) in [6.07, 6.45) is 2.88. The van der Waals surface area contributed by atoms with Crippen molar-refractivity contribution in [3.8, 4) is 11.5 Å². The lowest BCUT2D eigenvalue weighted by atomic mass is 10.1. The predicted octanol–water partition coefficient (Wildman–Crippen LogP) is 6.62. The number of aryl methyl sites for hydroxylation is 2. The summed E-state index contributed by atoms with van der Waals surface area (Å²) in [6, 6.07) is 25.3. The molecule has 0 aliphatic heterocycles. The molecule has 0 aliphatic carbocycles. The van der Waals surface area contributed by atoms with Gasteiger partial charge in [0.2, 0.25) is 0 Å². The van der Waals surface area contributed by atoms with E-state index in [1.54, 1.807) is 48.5 Å². The fourth-order valence-electron chi connectivity index (χ4n) is 4.71. The fraction of sp³-hybridized carbons (Fsp3) is 0.263. The maximum absolute atomic E-state index is 12.0. The third kappa shape index (κ3) is 10.7. The summed E-state index contributed by atoms with van der Waals surface area (Å²) in [6.45, 7) is 15.7. The molecule has 0 unspecified atom stereocenters. The van der Waals surface area contributed by atoms with Crippen LogP contribution in [0.25, 0.3) is 0 Å². The minimum Gasteiger partial charge on any atom is -0.507 e. The van der Waals surface area contributed by atoms with Crippen molar-refractivity contribution < 1.29 is 19.8 Å². The van der Waals surface area contributed by atoms with Crippen LogP contribution >= 0.6 is 0 Å². The summed E-state index contributed by atoms with van der Waals surface area (Å²) >= 11 is 0. The van der Waals surface area contributed by atoms with Crippen LogP contribution in [0.1, 0.15) is 70.7 Å². The Labute approximate surface area is 283 Å². The molecular formula is C38H46N6O4. The summed E-state index contributed by atoms with van der Waals surface area (Å²) in [4.78, 5) is 28.2. The third-order valence-electron chi connectivity index (χ3n) is 7.65. The van der Waals surface area contributed by atoms with Crippen molar-refractivity contribution in [2.45, 2.75) is 41.5 Å². The van der Waals surface area contributed by atoms with Crippen LogP contribution in [0.3, 0.4) is 0 Å². The molecule has 4 rings (SSSR count). The van der Waals surface area contributed by atoms with E-state index in [0.717, 1.165) is 48.7 Å². The smallest absolute Gasteiger partial charge is 0.271 e. The van der Waals surface area contributed by atoms with Crippen LogP contribution in [0.15, 0.2) is 95.1 Å². The molecule has 0 radical (unpaired) electrons. The Kier molecular flexibility index (Phi) is 14.2. The summed E-state index contributed by atoms with van der Waals surface area (Å²) in [5.74, 6) is -0.309. The Morgan fingerprint density at radius 1 is 0.583 bits per heavy atom. The quantitative estimate of drug-likeness (QED) is 0.101. The normalized spacial score (nSPS) is 10.8. The molecular weight excluding hydrogens is 604 g/mol. The molecule has 0 aromatic heterocycles. The van der Waals surface area contributed by atoms with E-state index in [0.29, 0.717) is 22.3 Å². The van der Waals surface area contributed by atoms with E-state index in [-0.39, 0.29) is 23.3 Å². The van der Waals surface area contributed by atoms with E-state index in [4.69, 9.17) is 0 Å². The van der Waals surface area contributed by atoms with E-state index in [2.05, 4.69) is 58.5 Å². The summed E-state index contributed by atoms with van der Waals surface area (Å²) in [5.41, 5.74) is 11.2. The Morgan fingerprint density at radius 3 is 1.21 bits per heavy atom. The van der Waals surface area contributed by atoms with Gasteiger partial charge in [-0.3, -0.25) is 9.59 Å². The van der Waals surface area contributed by atoms with Crippen molar-refractivity contribution in [1.29, 1.82) is 0 Å². The number of phenolic OH excluding ortho intramolecular Hbond substituents is 2. The van der Waals surface area contributed by atoms with Gasteiger partial charge in [0.15, 0.2) is 0 Å². The van der Waals surface area contributed by atoms with Gasteiger partial charge in [-0.15, -0.1) is 0 Å². The second kappa shape index (κ2) is 18.5. The molecule has 2 amide bonds. The Morgan fingerprint density at radius 2 is 0.917 bits per heavy atom. The number of aromatic hydroxyl groups is 2. The van der Waals surface area contributed by atoms with Crippen LogP contribution in [-0.2, 0) is 0 Å². The molecule has 252 valence electrons. The molecule has 0 saturated heterocycles. The largest absolute Gasteiger partial charge is 0.507 e. The highest BCUT2D eigenvalue weighted by Crippen LogP contribution is 2.24. The average Bonchev–Trinajstić information content (AvgIpc) is 3.08. The zero-order valence-electron chi connectivity index (χ0n) is 28.6. The van der Waals surface area contributed by atoms with Crippen LogP contribution in [0, 0.1) is 13.8 Å². The maximum atomic E-state index is 12.0. The van der Waals surface area contributed by atoms with Gasteiger partial charge in [0.05, 0.1) is 12.4 Å². The van der Waals surface area contributed by atoms with Crippen molar-refractivity contribution in [2.75, 3.05) is 36.0 Å². The Balaban J connectivity index is 0.000000260.